The zero-order valence-corrected chi connectivity index (χ0v) is 12.9. The summed E-state index contributed by atoms with van der Waals surface area (Å²) in [5.74, 6) is 0.274. The minimum Gasteiger partial charge on any atom is -0.550 e. The Kier molecular flexibility index (Phi) is 4.73. The van der Waals surface area contributed by atoms with E-state index in [4.69, 9.17) is 9.47 Å². The van der Waals surface area contributed by atoms with Crippen LogP contribution in [0, 0.1) is 5.92 Å². The van der Waals surface area contributed by atoms with Gasteiger partial charge in [-0.3, -0.25) is 0 Å². The molecule has 1 aliphatic rings. The summed E-state index contributed by atoms with van der Waals surface area (Å²) in [5.41, 5.74) is 1.09. The lowest BCUT2D eigenvalue weighted by Gasteiger charge is -2.41. The first-order valence-corrected chi connectivity index (χ1v) is 7.23. The molecule has 5 heteroatoms. The summed E-state index contributed by atoms with van der Waals surface area (Å²) in [4.78, 5) is 11.0. The van der Waals surface area contributed by atoms with Crippen molar-refractivity contribution in [1.82, 2.24) is 0 Å². The number of para-hydroxylation sites is 1. The topological polar surface area (TPSA) is 58.6 Å². The van der Waals surface area contributed by atoms with Gasteiger partial charge in [0.25, 0.3) is 0 Å². The number of quaternary nitrogens is 1. The maximum Gasteiger partial charge on any atom is 0.169 e. The third kappa shape index (κ3) is 3.47. The summed E-state index contributed by atoms with van der Waals surface area (Å²) in [6.07, 6.45) is 1.34. The summed E-state index contributed by atoms with van der Waals surface area (Å²) < 4.78 is 11.6. The molecule has 21 heavy (non-hydrogen) atoms. The van der Waals surface area contributed by atoms with E-state index < -0.39 is 5.97 Å². The molecular weight excluding hydrogens is 270 g/mol. The van der Waals surface area contributed by atoms with Gasteiger partial charge in [-0.25, -0.2) is 0 Å². The van der Waals surface area contributed by atoms with Crippen molar-refractivity contribution in [2.45, 2.75) is 19.4 Å². The van der Waals surface area contributed by atoms with Crippen molar-refractivity contribution in [2.24, 2.45) is 5.92 Å². The number of hydrogen-bond donors (Lipinski definition) is 0. The van der Waals surface area contributed by atoms with Crippen molar-refractivity contribution >= 4 is 5.97 Å². The van der Waals surface area contributed by atoms with Gasteiger partial charge in [-0.1, -0.05) is 6.07 Å². The van der Waals surface area contributed by atoms with Gasteiger partial charge in [0.15, 0.2) is 11.5 Å². The third-order valence-corrected chi connectivity index (χ3v) is 4.40. The molecule has 2 rings (SSSR count). The standard InChI is InChI=1S/C16H23NO4/c1-17(9-7-12(8-10-17)16(18)19)11-13-5-4-6-14(20-2)15(13)21-3/h4-6,12H,7-11H2,1-3H3. The van der Waals surface area contributed by atoms with Gasteiger partial charge in [0.1, 0.15) is 6.54 Å². The fourth-order valence-electron chi connectivity index (χ4n) is 3.07. The molecule has 0 amide bonds. The van der Waals surface area contributed by atoms with E-state index in [1.165, 1.54) is 0 Å². The fraction of sp³-hybridized carbons (Fsp3) is 0.562. The van der Waals surface area contributed by atoms with E-state index in [1.54, 1.807) is 14.2 Å². The minimum absolute atomic E-state index is 0.302. The van der Waals surface area contributed by atoms with Crippen LogP contribution >= 0.6 is 0 Å². The number of piperidine rings is 1. The molecule has 0 N–H and O–H groups in total. The van der Waals surface area contributed by atoms with Crippen LogP contribution in [-0.2, 0) is 11.3 Å². The van der Waals surface area contributed by atoms with Gasteiger partial charge in [-0.2, -0.15) is 0 Å². The Morgan fingerprint density at radius 2 is 1.95 bits per heavy atom. The maximum absolute atomic E-state index is 11.0. The van der Waals surface area contributed by atoms with E-state index in [1.807, 2.05) is 18.2 Å². The van der Waals surface area contributed by atoms with E-state index in [0.29, 0.717) is 12.8 Å². The second kappa shape index (κ2) is 6.35. The molecule has 0 bridgehead atoms. The Balaban J connectivity index is 2.13. The number of methoxy groups -OCH3 is 2. The number of carbonyl (C=O) groups excluding carboxylic acids is 1. The molecule has 0 aliphatic carbocycles. The molecule has 0 spiro atoms. The summed E-state index contributed by atoms with van der Waals surface area (Å²) in [6.45, 7) is 2.47. The van der Waals surface area contributed by atoms with E-state index in [9.17, 15) is 9.90 Å². The molecule has 0 unspecified atom stereocenters. The van der Waals surface area contributed by atoms with Gasteiger partial charge < -0.3 is 23.9 Å². The molecule has 0 atom stereocenters. The Bertz CT molecular complexity index is 507. The predicted octanol–water partition coefficient (Wildman–Crippen LogP) is 0.810. The molecule has 1 heterocycles. The van der Waals surface area contributed by atoms with E-state index in [-0.39, 0.29) is 5.92 Å². The molecule has 116 valence electrons. The molecule has 1 saturated heterocycles. The summed E-state index contributed by atoms with van der Waals surface area (Å²) >= 11 is 0. The van der Waals surface area contributed by atoms with E-state index >= 15 is 0 Å². The molecule has 1 aromatic rings. The number of ether oxygens (including phenoxy) is 2. The van der Waals surface area contributed by atoms with Gasteiger partial charge >= 0.3 is 0 Å². The Morgan fingerprint density at radius 3 is 2.48 bits per heavy atom. The predicted molar refractivity (Wildman–Crippen MR) is 76.9 cm³/mol. The van der Waals surface area contributed by atoms with Crippen LogP contribution in [0.25, 0.3) is 0 Å². The highest BCUT2D eigenvalue weighted by molar-refractivity contribution is 5.67. The van der Waals surface area contributed by atoms with Gasteiger partial charge in [-0.15, -0.1) is 0 Å². The zero-order valence-electron chi connectivity index (χ0n) is 12.9. The molecule has 5 nitrogen and oxygen atoms in total. The monoisotopic (exact) mass is 293 g/mol. The van der Waals surface area contributed by atoms with Crippen LogP contribution in [0.2, 0.25) is 0 Å². The quantitative estimate of drug-likeness (QED) is 0.754. The van der Waals surface area contributed by atoms with Crippen molar-refractivity contribution in [1.29, 1.82) is 0 Å². The SMILES string of the molecule is COc1cccc(C[N+]2(C)CCC(C(=O)[O-])CC2)c1OC. The van der Waals surface area contributed by atoms with Gasteiger partial charge in [0.05, 0.1) is 39.9 Å². The van der Waals surface area contributed by atoms with Gasteiger partial charge in [-0.05, 0) is 12.1 Å². The molecule has 0 saturated carbocycles. The molecule has 0 radical (unpaired) electrons. The minimum atomic E-state index is -0.916. The van der Waals surface area contributed by atoms with Crippen LogP contribution < -0.4 is 14.6 Å². The van der Waals surface area contributed by atoms with E-state index in [2.05, 4.69) is 7.05 Å². The molecule has 0 aromatic heterocycles. The van der Waals surface area contributed by atoms with Crippen molar-refractivity contribution in [3.8, 4) is 11.5 Å². The molecule has 1 aromatic carbocycles. The lowest BCUT2D eigenvalue weighted by atomic mass is 9.95. The number of nitrogens with zero attached hydrogens (tertiary/aromatic N) is 1. The number of likely N-dealkylation sites (tertiary alicyclic amines) is 1. The second-order valence-electron chi connectivity index (χ2n) is 5.97. The van der Waals surface area contributed by atoms with Crippen LogP contribution in [0.1, 0.15) is 18.4 Å². The normalized spacial score (nSPS) is 25.4. The van der Waals surface area contributed by atoms with Crippen molar-refractivity contribution in [2.75, 3.05) is 34.4 Å². The van der Waals surface area contributed by atoms with Crippen molar-refractivity contribution in [3.05, 3.63) is 23.8 Å². The van der Waals surface area contributed by atoms with Gasteiger partial charge in [0, 0.05) is 24.7 Å². The number of hydrogen-bond acceptors (Lipinski definition) is 4. The number of rotatable bonds is 5. The first kappa shape index (κ1) is 15.6. The largest absolute Gasteiger partial charge is 0.550 e. The van der Waals surface area contributed by atoms with E-state index in [0.717, 1.165) is 41.2 Å². The van der Waals surface area contributed by atoms with Crippen LogP contribution in [-0.4, -0.2) is 44.8 Å². The number of carboxylic acid groups (broad SMARTS) is 1. The smallest absolute Gasteiger partial charge is 0.169 e. The lowest BCUT2D eigenvalue weighted by Crippen LogP contribution is -2.51. The Morgan fingerprint density at radius 1 is 1.29 bits per heavy atom. The number of benzene rings is 1. The van der Waals surface area contributed by atoms with Crippen LogP contribution in [0.3, 0.4) is 0 Å². The lowest BCUT2D eigenvalue weighted by molar-refractivity contribution is -0.927. The Labute approximate surface area is 125 Å². The summed E-state index contributed by atoms with van der Waals surface area (Å²) in [5, 5.41) is 11.0. The number of aliphatic carboxylic acids is 1. The average molecular weight is 293 g/mol. The van der Waals surface area contributed by atoms with Crippen LogP contribution in [0.5, 0.6) is 11.5 Å². The van der Waals surface area contributed by atoms with Crippen molar-refractivity contribution < 1.29 is 23.9 Å². The highest BCUT2D eigenvalue weighted by Crippen LogP contribution is 2.34. The van der Waals surface area contributed by atoms with Crippen LogP contribution in [0.15, 0.2) is 18.2 Å². The van der Waals surface area contributed by atoms with Crippen molar-refractivity contribution in [3.63, 3.8) is 0 Å². The Hall–Kier alpha value is -1.75. The highest BCUT2D eigenvalue weighted by atomic mass is 16.5. The highest BCUT2D eigenvalue weighted by Gasteiger charge is 2.31. The average Bonchev–Trinajstić information content (AvgIpc) is 2.47. The number of carbonyl (C=O) groups is 1. The first-order valence-electron chi connectivity index (χ1n) is 7.23. The van der Waals surface area contributed by atoms with Crippen LogP contribution in [0.4, 0.5) is 0 Å². The number of carboxylic acids is 1. The maximum atomic E-state index is 11.0. The summed E-state index contributed by atoms with van der Waals surface area (Å²) in [7, 11) is 5.43. The first-order chi connectivity index (χ1) is 9.99. The fourth-order valence-corrected chi connectivity index (χ4v) is 3.07. The summed E-state index contributed by atoms with van der Waals surface area (Å²) in [6, 6.07) is 5.87. The molecule has 1 fully saturated rings. The van der Waals surface area contributed by atoms with Gasteiger partial charge in [0.2, 0.25) is 0 Å². The molecule has 1 aliphatic heterocycles. The zero-order chi connectivity index (χ0) is 15.5. The second-order valence-corrected chi connectivity index (χ2v) is 5.97. The molecular formula is C16H23NO4. The third-order valence-electron chi connectivity index (χ3n) is 4.40.